The molecule has 0 radical (unpaired) electrons. The van der Waals surface area contributed by atoms with Crippen molar-refractivity contribution in [3.05, 3.63) is 83.9 Å². The van der Waals surface area contributed by atoms with Gasteiger partial charge in [-0.25, -0.2) is 9.36 Å². The summed E-state index contributed by atoms with van der Waals surface area (Å²) in [4.78, 5) is 104. The smallest absolute Gasteiger partial charge is 0.409 e. The predicted octanol–water partition coefficient (Wildman–Crippen LogP) is 7.05. The number of rotatable bonds is 18. The predicted molar refractivity (Wildman–Crippen MR) is 247 cm³/mol. The molecule has 3 aliphatic rings. The standard InChI is InChI=1S/C46H50Cl2N5O11P/c1-49(39(54)15-4-3-9-20-51-42(57)18-19-43(51)58)21-22-50(2)46(59)63-37-23-35-44(33-13-7-5-11-31(33)37)29(25-47)27-52(35)40(55)16-10-17-41(56)53-28-30(26-48)45-34-14-8-6-12-32(34)38(24-36(45)53)64-65(60,61)62/h5-8,11-14,18-19,23-24,29-30H,3-4,9-10,15-17,20-22,25-28H2,1-2H3,(H2,60,61,62)/t29?,30-/m1/s1. The van der Waals surface area contributed by atoms with Crippen LogP contribution in [0.2, 0.25) is 0 Å². The van der Waals surface area contributed by atoms with Gasteiger partial charge in [0.25, 0.3) is 11.8 Å². The summed E-state index contributed by atoms with van der Waals surface area (Å²) in [5.74, 6) is -1.14. The third-order valence-electron chi connectivity index (χ3n) is 12.1. The number of hydrogen-bond donors (Lipinski definition) is 2. The summed E-state index contributed by atoms with van der Waals surface area (Å²) >= 11 is 12.9. The molecule has 3 aliphatic heterocycles. The highest BCUT2D eigenvalue weighted by Crippen LogP contribution is 2.50. The van der Waals surface area contributed by atoms with Crippen LogP contribution in [0.4, 0.5) is 16.2 Å². The maximum Gasteiger partial charge on any atom is 0.524 e. The number of alkyl halides is 2. The first kappa shape index (κ1) is 47.5. The van der Waals surface area contributed by atoms with Crippen LogP contribution >= 0.6 is 31.0 Å². The van der Waals surface area contributed by atoms with Crippen LogP contribution in [-0.2, 0) is 28.5 Å². The van der Waals surface area contributed by atoms with Gasteiger partial charge in [0.1, 0.15) is 11.5 Å². The second kappa shape index (κ2) is 20.3. The van der Waals surface area contributed by atoms with Crippen molar-refractivity contribution in [3.8, 4) is 11.5 Å². The van der Waals surface area contributed by atoms with E-state index in [1.165, 1.54) is 32.9 Å². The first-order valence-electron chi connectivity index (χ1n) is 21.4. The molecule has 2 N–H and O–H groups in total. The van der Waals surface area contributed by atoms with Gasteiger partial charge in [-0.2, -0.15) is 0 Å². The SMILES string of the molecule is CN(CCN(C)C(=O)Oc1cc2c(c3ccccc13)C(CCl)CN2C(=O)CCCC(=O)N1C[C@@H](CCl)c2c1cc(OP(=O)(O)O)c1ccccc21)C(=O)CCCCCN1C(=O)C=CC1=O. The fourth-order valence-electron chi connectivity index (χ4n) is 8.75. The van der Waals surface area contributed by atoms with Crippen molar-refractivity contribution < 1.29 is 52.4 Å². The molecule has 3 heterocycles. The molecule has 0 spiro atoms. The molecule has 2 atom stereocenters. The van der Waals surface area contributed by atoms with Crippen LogP contribution in [0, 0.1) is 0 Å². The molecule has 7 rings (SSSR count). The molecule has 16 nitrogen and oxygen atoms in total. The van der Waals surface area contributed by atoms with Crippen molar-refractivity contribution in [2.75, 3.05) is 68.4 Å². The van der Waals surface area contributed by atoms with Crippen LogP contribution in [0.5, 0.6) is 11.5 Å². The molecule has 0 aliphatic carbocycles. The first-order chi connectivity index (χ1) is 31.1. The Kier molecular flexibility index (Phi) is 14.8. The van der Waals surface area contributed by atoms with Gasteiger partial charge in [0.2, 0.25) is 17.7 Å². The Hall–Kier alpha value is -5.51. The van der Waals surface area contributed by atoms with Gasteiger partial charge in [-0.3, -0.25) is 38.7 Å². The number of carbonyl (C=O) groups is 6. The van der Waals surface area contributed by atoms with Crippen LogP contribution in [0.15, 0.2) is 72.8 Å². The van der Waals surface area contributed by atoms with Crippen molar-refractivity contribution in [1.29, 1.82) is 0 Å². The summed E-state index contributed by atoms with van der Waals surface area (Å²) < 4.78 is 22.9. The van der Waals surface area contributed by atoms with Crippen molar-refractivity contribution in [2.24, 2.45) is 0 Å². The topological polar surface area (TPSA) is 195 Å². The summed E-state index contributed by atoms with van der Waals surface area (Å²) in [5.41, 5.74) is 2.63. The largest absolute Gasteiger partial charge is 0.524 e. The summed E-state index contributed by atoms with van der Waals surface area (Å²) in [5, 5.41) is 2.59. The minimum atomic E-state index is -4.93. The minimum absolute atomic E-state index is 0.00166. The molecule has 19 heteroatoms. The number of hydrogen-bond acceptors (Lipinski definition) is 9. The van der Waals surface area contributed by atoms with Crippen LogP contribution in [0.25, 0.3) is 21.5 Å². The number of ether oxygens (including phenoxy) is 1. The van der Waals surface area contributed by atoms with Crippen molar-refractivity contribution in [1.82, 2.24) is 14.7 Å². The van der Waals surface area contributed by atoms with Crippen molar-refractivity contribution in [3.63, 3.8) is 0 Å². The van der Waals surface area contributed by atoms with E-state index in [4.69, 9.17) is 32.5 Å². The van der Waals surface area contributed by atoms with Crippen molar-refractivity contribution in [2.45, 2.75) is 56.8 Å². The van der Waals surface area contributed by atoms with E-state index >= 15 is 0 Å². The summed E-state index contributed by atoms with van der Waals surface area (Å²) in [6.45, 7) is 1.28. The quantitative estimate of drug-likeness (QED) is 0.0449. The van der Waals surface area contributed by atoms with Gasteiger partial charge in [0.05, 0.1) is 11.4 Å². The maximum absolute atomic E-state index is 14.0. The zero-order chi connectivity index (χ0) is 46.6. The summed E-state index contributed by atoms with van der Waals surface area (Å²) in [6, 6.07) is 17.5. The highest BCUT2D eigenvalue weighted by molar-refractivity contribution is 7.46. The highest BCUT2D eigenvalue weighted by Gasteiger charge is 2.37. The lowest BCUT2D eigenvalue weighted by Gasteiger charge is -2.23. The first-order valence-corrected chi connectivity index (χ1v) is 24.0. The number of carbonyl (C=O) groups excluding carboxylic acids is 6. The monoisotopic (exact) mass is 949 g/mol. The van der Waals surface area contributed by atoms with Crippen LogP contribution < -0.4 is 19.1 Å². The van der Waals surface area contributed by atoms with Gasteiger partial charge >= 0.3 is 13.9 Å². The average Bonchev–Trinajstić information content (AvgIpc) is 3.96. The van der Waals surface area contributed by atoms with E-state index in [0.29, 0.717) is 53.3 Å². The molecule has 344 valence electrons. The van der Waals surface area contributed by atoms with Gasteiger partial charge < -0.3 is 28.9 Å². The molecule has 0 aromatic heterocycles. The Morgan fingerprint density at radius 3 is 1.71 bits per heavy atom. The maximum atomic E-state index is 14.0. The highest BCUT2D eigenvalue weighted by atomic mass is 35.5. The number of benzene rings is 4. The molecule has 0 fully saturated rings. The number of fused-ring (bicyclic) bond motifs is 6. The number of unbranched alkanes of at least 4 members (excludes halogenated alkanes) is 2. The van der Waals surface area contributed by atoms with E-state index in [1.807, 2.05) is 24.3 Å². The summed E-state index contributed by atoms with van der Waals surface area (Å²) in [6.07, 6.45) is 4.17. The molecule has 1 unspecified atom stereocenters. The van der Waals surface area contributed by atoms with E-state index in [1.54, 1.807) is 54.2 Å². The molecule has 0 saturated carbocycles. The molecule has 4 aromatic rings. The number of phosphoric ester groups is 1. The Balaban J connectivity index is 0.976. The zero-order valence-corrected chi connectivity index (χ0v) is 38.4. The molecule has 0 saturated heterocycles. The third-order valence-corrected chi connectivity index (χ3v) is 13.3. The third kappa shape index (κ3) is 10.5. The number of nitrogens with zero attached hydrogens (tertiary/aromatic N) is 5. The second-order valence-corrected chi connectivity index (χ2v) is 18.2. The lowest BCUT2D eigenvalue weighted by Crippen LogP contribution is -2.38. The number of likely N-dealkylation sites (N-methyl/N-ethyl adjacent to an activating group) is 2. The van der Waals surface area contributed by atoms with E-state index in [2.05, 4.69) is 0 Å². The Labute approximate surface area is 385 Å². The molecular formula is C46H50Cl2N5O11P. The average molecular weight is 951 g/mol. The lowest BCUT2D eigenvalue weighted by molar-refractivity contribution is -0.137. The van der Waals surface area contributed by atoms with E-state index in [9.17, 15) is 43.1 Å². The molecule has 65 heavy (non-hydrogen) atoms. The van der Waals surface area contributed by atoms with E-state index in [0.717, 1.165) is 16.5 Å². The molecule has 0 bridgehead atoms. The zero-order valence-electron chi connectivity index (χ0n) is 36.0. The molecule has 4 aromatic carbocycles. The van der Waals surface area contributed by atoms with Gasteiger partial charge in [0.15, 0.2) is 0 Å². The van der Waals surface area contributed by atoms with Gasteiger partial charge in [-0.15, -0.1) is 23.2 Å². The fraction of sp³-hybridized carbons (Fsp3) is 0.391. The number of anilines is 2. The number of amides is 6. The van der Waals surface area contributed by atoms with Crippen LogP contribution in [-0.4, -0.2) is 119 Å². The van der Waals surface area contributed by atoms with Crippen LogP contribution in [0.3, 0.4) is 0 Å². The number of halogens is 2. The van der Waals surface area contributed by atoms with Crippen LogP contribution in [0.1, 0.15) is 67.9 Å². The fourth-order valence-corrected chi connectivity index (χ4v) is 9.66. The van der Waals surface area contributed by atoms with Gasteiger partial charge in [0, 0.05) is 125 Å². The lowest BCUT2D eigenvalue weighted by atomic mass is 9.95. The van der Waals surface area contributed by atoms with Gasteiger partial charge in [-0.1, -0.05) is 55.0 Å². The minimum Gasteiger partial charge on any atom is -0.409 e. The molecule has 6 amide bonds. The number of imide groups is 1. The Morgan fingerprint density at radius 1 is 0.692 bits per heavy atom. The molecular weight excluding hydrogens is 900 g/mol. The van der Waals surface area contributed by atoms with Gasteiger partial charge in [-0.05, 0) is 41.2 Å². The normalized spacial score (nSPS) is 16.7. The summed E-state index contributed by atoms with van der Waals surface area (Å²) in [7, 11) is -1.70. The van der Waals surface area contributed by atoms with E-state index < -0.39 is 13.9 Å². The second-order valence-electron chi connectivity index (χ2n) is 16.4. The Bertz CT molecular complexity index is 2600. The van der Waals surface area contributed by atoms with E-state index in [-0.39, 0.29) is 116 Å². The Morgan fingerprint density at radius 2 is 1.18 bits per heavy atom. The number of phosphoric acid groups is 1. The van der Waals surface area contributed by atoms with Crippen molar-refractivity contribution >= 4 is 99.6 Å².